The molecule has 0 bridgehead atoms. The molecule has 6 nitrogen and oxygen atoms in total. The van der Waals surface area contributed by atoms with Crippen molar-refractivity contribution in [2.24, 2.45) is 12.5 Å². The van der Waals surface area contributed by atoms with Crippen molar-refractivity contribution < 1.29 is 4.79 Å². The lowest BCUT2D eigenvalue weighted by atomic mass is 10.1. The number of hydrogen-bond donors (Lipinski definition) is 1. The van der Waals surface area contributed by atoms with Gasteiger partial charge in [-0.25, -0.2) is 0 Å². The fraction of sp³-hybridized carbons (Fsp3) is 0.562. The molecule has 1 aliphatic carbocycles. The highest BCUT2D eigenvalue weighted by Gasteiger charge is 2.43. The van der Waals surface area contributed by atoms with Crippen LogP contribution in [0.2, 0.25) is 5.02 Å². The van der Waals surface area contributed by atoms with Crippen molar-refractivity contribution in [3.63, 3.8) is 0 Å². The lowest BCUT2D eigenvalue weighted by Crippen LogP contribution is -2.34. The summed E-state index contributed by atoms with van der Waals surface area (Å²) >= 11 is 6.17. The summed E-state index contributed by atoms with van der Waals surface area (Å²) in [6.07, 6.45) is 2.20. The Morgan fingerprint density at radius 3 is 2.52 bits per heavy atom. The number of carbonyl (C=O) groups is 1. The van der Waals surface area contributed by atoms with Crippen LogP contribution >= 0.6 is 11.6 Å². The van der Waals surface area contributed by atoms with E-state index in [9.17, 15) is 4.79 Å². The molecule has 0 saturated heterocycles. The first-order valence-corrected chi connectivity index (χ1v) is 8.17. The van der Waals surface area contributed by atoms with E-state index in [2.05, 4.69) is 28.5 Å². The van der Waals surface area contributed by atoms with Gasteiger partial charge in [0.2, 0.25) is 0 Å². The second-order valence-electron chi connectivity index (χ2n) is 6.64. The van der Waals surface area contributed by atoms with E-state index >= 15 is 0 Å². The van der Waals surface area contributed by atoms with Crippen LogP contribution in [0.25, 0.3) is 0 Å². The Kier molecular flexibility index (Phi) is 3.96. The molecule has 2 aromatic heterocycles. The van der Waals surface area contributed by atoms with Crippen LogP contribution < -0.4 is 5.32 Å². The molecule has 0 atom stereocenters. The van der Waals surface area contributed by atoms with Crippen molar-refractivity contribution in [2.45, 2.75) is 40.2 Å². The maximum absolute atomic E-state index is 12.4. The van der Waals surface area contributed by atoms with Gasteiger partial charge in [-0.3, -0.25) is 14.2 Å². The average Bonchev–Trinajstić information content (AvgIpc) is 3.09. The van der Waals surface area contributed by atoms with E-state index in [1.807, 2.05) is 11.6 Å². The van der Waals surface area contributed by atoms with E-state index in [1.54, 1.807) is 14.0 Å². The predicted molar refractivity (Wildman–Crippen MR) is 88.7 cm³/mol. The molecule has 0 unspecified atom stereocenters. The molecular weight excluding hydrogens is 314 g/mol. The fourth-order valence-corrected chi connectivity index (χ4v) is 3.20. The molecule has 1 N–H and O–H groups in total. The third-order valence-corrected chi connectivity index (χ3v) is 4.99. The van der Waals surface area contributed by atoms with Crippen molar-refractivity contribution in [3.8, 4) is 0 Å². The molecule has 0 aromatic carbocycles. The Labute approximate surface area is 140 Å². The Balaban J connectivity index is 1.66. The number of hydrogen-bond acceptors (Lipinski definition) is 3. The molecule has 0 radical (unpaired) electrons. The Bertz CT molecular complexity index is 757. The van der Waals surface area contributed by atoms with Crippen LogP contribution in [0.15, 0.2) is 6.07 Å². The van der Waals surface area contributed by atoms with Crippen molar-refractivity contribution in [1.82, 2.24) is 24.9 Å². The Morgan fingerprint density at radius 2 is 2.04 bits per heavy atom. The molecule has 1 saturated carbocycles. The van der Waals surface area contributed by atoms with Gasteiger partial charge in [-0.05, 0) is 39.7 Å². The van der Waals surface area contributed by atoms with E-state index in [4.69, 9.17) is 11.6 Å². The van der Waals surface area contributed by atoms with Gasteiger partial charge in [0.25, 0.3) is 5.91 Å². The lowest BCUT2D eigenvalue weighted by molar-refractivity contribution is 0.0933. The summed E-state index contributed by atoms with van der Waals surface area (Å²) in [6.45, 7) is 7.32. The minimum atomic E-state index is -0.169. The summed E-state index contributed by atoms with van der Waals surface area (Å²) in [5, 5.41) is 12.1. The molecule has 3 rings (SSSR count). The van der Waals surface area contributed by atoms with Crippen molar-refractivity contribution in [1.29, 1.82) is 0 Å². The minimum Gasteiger partial charge on any atom is -0.350 e. The van der Waals surface area contributed by atoms with Crippen LogP contribution in [-0.2, 0) is 13.6 Å². The molecule has 23 heavy (non-hydrogen) atoms. The summed E-state index contributed by atoms with van der Waals surface area (Å²) < 4.78 is 3.57. The average molecular weight is 336 g/mol. The molecular formula is C16H22ClN5O. The predicted octanol–water partition coefficient (Wildman–Crippen LogP) is 2.41. The first kappa shape index (κ1) is 16.1. The topological polar surface area (TPSA) is 64.7 Å². The molecule has 7 heteroatoms. The summed E-state index contributed by atoms with van der Waals surface area (Å²) in [5.74, 6) is -0.169. The minimum absolute atomic E-state index is 0.110. The highest BCUT2D eigenvalue weighted by Crippen LogP contribution is 2.46. The molecule has 2 heterocycles. The molecule has 2 aromatic rings. The molecule has 1 amide bonds. The second kappa shape index (κ2) is 5.67. The van der Waals surface area contributed by atoms with Crippen LogP contribution in [0.3, 0.4) is 0 Å². The first-order chi connectivity index (χ1) is 10.8. The quantitative estimate of drug-likeness (QED) is 0.912. The SMILES string of the molecule is Cc1cc(C)n(CC2(CNC(=O)c3c(Cl)c(C)nn3C)CC2)n1. The smallest absolute Gasteiger partial charge is 0.271 e. The summed E-state index contributed by atoms with van der Waals surface area (Å²) in [4.78, 5) is 12.4. The monoisotopic (exact) mass is 335 g/mol. The molecule has 1 fully saturated rings. The van der Waals surface area contributed by atoms with Crippen LogP contribution in [0, 0.1) is 26.2 Å². The number of amides is 1. The largest absolute Gasteiger partial charge is 0.350 e. The van der Waals surface area contributed by atoms with E-state index < -0.39 is 0 Å². The number of nitrogens with one attached hydrogen (secondary N) is 1. The normalized spacial score (nSPS) is 15.7. The maximum Gasteiger partial charge on any atom is 0.271 e. The van der Waals surface area contributed by atoms with E-state index in [0.29, 0.717) is 23.0 Å². The van der Waals surface area contributed by atoms with Gasteiger partial charge in [-0.15, -0.1) is 0 Å². The van der Waals surface area contributed by atoms with E-state index in [0.717, 1.165) is 30.8 Å². The van der Waals surface area contributed by atoms with Crippen LogP contribution in [0.5, 0.6) is 0 Å². The van der Waals surface area contributed by atoms with Gasteiger partial charge in [0.05, 0.1) is 16.4 Å². The third kappa shape index (κ3) is 3.13. The van der Waals surface area contributed by atoms with Crippen LogP contribution in [0.4, 0.5) is 0 Å². The van der Waals surface area contributed by atoms with Crippen LogP contribution in [0.1, 0.15) is 40.4 Å². The summed E-state index contributed by atoms with van der Waals surface area (Å²) in [6, 6.07) is 2.08. The summed E-state index contributed by atoms with van der Waals surface area (Å²) in [7, 11) is 1.73. The van der Waals surface area contributed by atoms with Crippen molar-refractivity contribution in [3.05, 3.63) is 33.9 Å². The van der Waals surface area contributed by atoms with E-state index in [1.165, 1.54) is 4.68 Å². The molecule has 1 aliphatic rings. The van der Waals surface area contributed by atoms with Gasteiger partial charge < -0.3 is 5.32 Å². The highest BCUT2D eigenvalue weighted by molar-refractivity contribution is 6.34. The molecule has 0 spiro atoms. The molecule has 124 valence electrons. The fourth-order valence-electron chi connectivity index (χ4n) is 2.95. The zero-order valence-electron chi connectivity index (χ0n) is 14.0. The number of carbonyl (C=O) groups excluding carboxylic acids is 1. The maximum atomic E-state index is 12.4. The van der Waals surface area contributed by atoms with E-state index in [-0.39, 0.29) is 11.3 Å². The van der Waals surface area contributed by atoms with Crippen LogP contribution in [-0.4, -0.2) is 32.0 Å². The number of rotatable bonds is 5. The van der Waals surface area contributed by atoms with Gasteiger partial charge in [-0.2, -0.15) is 10.2 Å². The standard InChI is InChI=1S/C16H22ClN5O/c1-10-7-11(2)22(19-10)9-16(5-6-16)8-18-15(23)14-13(17)12(3)20-21(14)4/h7H,5-6,8-9H2,1-4H3,(H,18,23). The third-order valence-electron chi connectivity index (χ3n) is 4.53. The van der Waals surface area contributed by atoms with Gasteiger partial charge in [0, 0.05) is 31.2 Å². The van der Waals surface area contributed by atoms with Gasteiger partial charge in [-0.1, -0.05) is 11.6 Å². The number of aromatic nitrogens is 4. The Hall–Kier alpha value is -1.82. The number of aryl methyl sites for hydroxylation is 4. The van der Waals surface area contributed by atoms with Crippen molar-refractivity contribution >= 4 is 17.5 Å². The second-order valence-corrected chi connectivity index (χ2v) is 7.02. The molecule has 0 aliphatic heterocycles. The zero-order valence-corrected chi connectivity index (χ0v) is 14.7. The van der Waals surface area contributed by atoms with Gasteiger partial charge >= 0.3 is 0 Å². The number of nitrogens with zero attached hydrogens (tertiary/aromatic N) is 4. The van der Waals surface area contributed by atoms with Gasteiger partial charge in [0.1, 0.15) is 5.69 Å². The zero-order chi connectivity index (χ0) is 16.8. The number of halogens is 1. The Morgan fingerprint density at radius 1 is 1.35 bits per heavy atom. The highest BCUT2D eigenvalue weighted by atomic mass is 35.5. The lowest BCUT2D eigenvalue weighted by Gasteiger charge is -2.17. The first-order valence-electron chi connectivity index (χ1n) is 7.80. The summed E-state index contributed by atoms with van der Waals surface area (Å²) in [5.41, 5.74) is 3.39. The van der Waals surface area contributed by atoms with Crippen molar-refractivity contribution in [2.75, 3.05) is 6.54 Å². The van der Waals surface area contributed by atoms with Gasteiger partial charge in [0.15, 0.2) is 0 Å².